The van der Waals surface area contributed by atoms with E-state index in [9.17, 15) is 4.79 Å². The standard InChI is InChI=1S/C17H16N6O2/c1-19-17(24)25-9-8-20-15-6-7-16-21-11-14(23(16)22-15)13-4-2-12(10-18)3-5-13/h2-7,11H,8-9H2,1H3,(H,19,24)(H,20,22). The Bertz CT molecular complexity index is 926. The molecule has 0 atom stereocenters. The van der Waals surface area contributed by atoms with E-state index in [0.717, 1.165) is 11.3 Å². The molecule has 0 aliphatic rings. The Morgan fingerprint density at radius 1 is 1.28 bits per heavy atom. The molecule has 0 unspecified atom stereocenters. The fourth-order valence-corrected chi connectivity index (χ4v) is 2.27. The van der Waals surface area contributed by atoms with Gasteiger partial charge in [-0.3, -0.25) is 0 Å². The zero-order valence-corrected chi connectivity index (χ0v) is 13.6. The highest BCUT2D eigenvalue weighted by atomic mass is 16.5. The molecule has 1 aromatic carbocycles. The van der Waals surface area contributed by atoms with Gasteiger partial charge in [-0.25, -0.2) is 14.3 Å². The second kappa shape index (κ2) is 7.31. The van der Waals surface area contributed by atoms with Gasteiger partial charge in [0, 0.05) is 12.6 Å². The first kappa shape index (κ1) is 16.3. The molecule has 126 valence electrons. The summed E-state index contributed by atoms with van der Waals surface area (Å²) in [5, 5.41) is 18.9. The van der Waals surface area contributed by atoms with E-state index in [-0.39, 0.29) is 6.61 Å². The fourth-order valence-electron chi connectivity index (χ4n) is 2.27. The number of imidazole rings is 1. The van der Waals surface area contributed by atoms with Crippen molar-refractivity contribution in [2.45, 2.75) is 0 Å². The Morgan fingerprint density at radius 3 is 2.80 bits per heavy atom. The Labute approximate surface area is 144 Å². The summed E-state index contributed by atoms with van der Waals surface area (Å²) in [5.41, 5.74) is 3.05. The minimum atomic E-state index is -0.470. The van der Waals surface area contributed by atoms with Gasteiger partial charge in [0.05, 0.1) is 30.1 Å². The molecule has 8 heteroatoms. The van der Waals surface area contributed by atoms with Gasteiger partial charge in [0.15, 0.2) is 5.65 Å². The van der Waals surface area contributed by atoms with Crippen molar-refractivity contribution in [2.24, 2.45) is 0 Å². The van der Waals surface area contributed by atoms with Crippen LogP contribution in [0, 0.1) is 11.3 Å². The van der Waals surface area contributed by atoms with Crippen molar-refractivity contribution in [1.82, 2.24) is 19.9 Å². The molecule has 25 heavy (non-hydrogen) atoms. The molecule has 2 N–H and O–H groups in total. The predicted molar refractivity (Wildman–Crippen MR) is 92.0 cm³/mol. The number of alkyl carbamates (subject to hydrolysis) is 1. The summed E-state index contributed by atoms with van der Waals surface area (Å²) in [6.07, 6.45) is 1.27. The Hall–Kier alpha value is -3.60. The number of aromatic nitrogens is 3. The summed E-state index contributed by atoms with van der Waals surface area (Å²) in [4.78, 5) is 15.3. The summed E-state index contributed by atoms with van der Waals surface area (Å²) < 4.78 is 6.64. The quantitative estimate of drug-likeness (QED) is 0.691. The Balaban J connectivity index is 1.77. The zero-order chi connectivity index (χ0) is 17.6. The molecule has 1 amide bonds. The average Bonchev–Trinajstić information content (AvgIpc) is 3.08. The highest BCUT2D eigenvalue weighted by Gasteiger charge is 2.08. The number of rotatable bonds is 5. The van der Waals surface area contributed by atoms with Gasteiger partial charge in [-0.05, 0) is 24.3 Å². The second-order valence-corrected chi connectivity index (χ2v) is 5.13. The van der Waals surface area contributed by atoms with E-state index < -0.39 is 6.09 Å². The Kier molecular flexibility index (Phi) is 4.76. The number of ether oxygens (including phenoxy) is 1. The van der Waals surface area contributed by atoms with E-state index in [4.69, 9.17) is 10.00 Å². The van der Waals surface area contributed by atoms with Gasteiger partial charge in [-0.2, -0.15) is 5.26 Å². The Morgan fingerprint density at radius 2 is 2.08 bits per heavy atom. The van der Waals surface area contributed by atoms with Gasteiger partial charge in [0.1, 0.15) is 12.4 Å². The molecule has 0 bridgehead atoms. The number of nitrogens with zero attached hydrogens (tertiary/aromatic N) is 4. The maximum Gasteiger partial charge on any atom is 0.406 e. The number of anilines is 1. The summed E-state index contributed by atoms with van der Waals surface area (Å²) in [6, 6.07) is 13.0. The molecule has 0 aliphatic heterocycles. The molecule has 0 spiro atoms. The van der Waals surface area contributed by atoms with Gasteiger partial charge < -0.3 is 15.4 Å². The van der Waals surface area contributed by atoms with Crippen LogP contribution in [0.15, 0.2) is 42.6 Å². The number of nitriles is 1. The van der Waals surface area contributed by atoms with Crippen molar-refractivity contribution in [3.8, 4) is 17.3 Å². The lowest BCUT2D eigenvalue weighted by Crippen LogP contribution is -2.22. The van der Waals surface area contributed by atoms with Gasteiger partial charge in [0.2, 0.25) is 0 Å². The smallest absolute Gasteiger partial charge is 0.406 e. The number of carbonyl (C=O) groups excluding carboxylic acids is 1. The summed E-state index contributed by atoms with van der Waals surface area (Å²) in [6.45, 7) is 0.665. The van der Waals surface area contributed by atoms with E-state index in [1.807, 2.05) is 24.3 Å². The largest absolute Gasteiger partial charge is 0.448 e. The van der Waals surface area contributed by atoms with E-state index >= 15 is 0 Å². The SMILES string of the molecule is CNC(=O)OCCNc1ccc2ncc(-c3ccc(C#N)cc3)n2n1. The number of hydrogen-bond donors (Lipinski definition) is 2. The topological polar surface area (TPSA) is 104 Å². The molecule has 2 aromatic heterocycles. The van der Waals surface area contributed by atoms with Crippen LogP contribution in [0.1, 0.15) is 5.56 Å². The average molecular weight is 336 g/mol. The van der Waals surface area contributed by atoms with Crippen LogP contribution in [-0.4, -0.2) is 40.9 Å². The molecule has 8 nitrogen and oxygen atoms in total. The zero-order valence-electron chi connectivity index (χ0n) is 13.6. The number of fused-ring (bicyclic) bond motifs is 1. The third-order valence-corrected chi connectivity index (χ3v) is 3.52. The van der Waals surface area contributed by atoms with Crippen molar-refractivity contribution < 1.29 is 9.53 Å². The maximum atomic E-state index is 11.0. The number of amides is 1. The molecule has 0 aliphatic carbocycles. The van der Waals surface area contributed by atoms with Crippen LogP contribution < -0.4 is 10.6 Å². The van der Waals surface area contributed by atoms with Crippen LogP contribution in [0.25, 0.3) is 16.9 Å². The fraction of sp³-hybridized carbons (Fsp3) is 0.176. The maximum absolute atomic E-state index is 11.0. The first-order valence-corrected chi connectivity index (χ1v) is 7.65. The molecular weight excluding hydrogens is 320 g/mol. The normalized spacial score (nSPS) is 10.2. The van der Waals surface area contributed by atoms with Crippen LogP contribution in [-0.2, 0) is 4.74 Å². The van der Waals surface area contributed by atoms with Crippen LogP contribution in [0.3, 0.4) is 0 Å². The monoisotopic (exact) mass is 336 g/mol. The van der Waals surface area contributed by atoms with Crippen LogP contribution in [0.2, 0.25) is 0 Å². The summed E-state index contributed by atoms with van der Waals surface area (Å²) in [5.74, 6) is 0.640. The first-order valence-electron chi connectivity index (χ1n) is 7.65. The van der Waals surface area contributed by atoms with Crippen molar-refractivity contribution in [3.05, 3.63) is 48.2 Å². The first-order chi connectivity index (χ1) is 12.2. The lowest BCUT2D eigenvalue weighted by Gasteiger charge is -2.08. The van der Waals surface area contributed by atoms with Crippen molar-refractivity contribution in [2.75, 3.05) is 25.5 Å². The van der Waals surface area contributed by atoms with Gasteiger partial charge in [0.25, 0.3) is 0 Å². The molecular formula is C17H16N6O2. The van der Waals surface area contributed by atoms with Crippen molar-refractivity contribution in [1.29, 1.82) is 5.26 Å². The third kappa shape index (κ3) is 3.67. The van der Waals surface area contributed by atoms with Gasteiger partial charge in [-0.15, -0.1) is 5.10 Å². The third-order valence-electron chi connectivity index (χ3n) is 3.52. The van der Waals surface area contributed by atoms with Crippen molar-refractivity contribution in [3.63, 3.8) is 0 Å². The molecule has 0 fully saturated rings. The molecule has 3 aromatic rings. The van der Waals surface area contributed by atoms with Crippen molar-refractivity contribution >= 4 is 17.6 Å². The molecule has 0 radical (unpaired) electrons. The lowest BCUT2D eigenvalue weighted by atomic mass is 10.1. The van der Waals surface area contributed by atoms with Crippen LogP contribution in [0.5, 0.6) is 0 Å². The number of nitrogens with one attached hydrogen (secondary N) is 2. The molecule has 0 saturated heterocycles. The van der Waals surface area contributed by atoms with E-state index in [1.165, 1.54) is 7.05 Å². The van der Waals surface area contributed by atoms with Crippen LogP contribution in [0.4, 0.5) is 10.6 Å². The van der Waals surface area contributed by atoms with E-state index in [2.05, 4.69) is 26.8 Å². The highest BCUT2D eigenvalue weighted by Crippen LogP contribution is 2.21. The van der Waals surface area contributed by atoms with E-state index in [1.54, 1.807) is 22.8 Å². The second-order valence-electron chi connectivity index (χ2n) is 5.13. The molecule has 2 heterocycles. The van der Waals surface area contributed by atoms with Crippen LogP contribution >= 0.6 is 0 Å². The summed E-state index contributed by atoms with van der Waals surface area (Å²) in [7, 11) is 1.51. The van der Waals surface area contributed by atoms with Gasteiger partial charge in [-0.1, -0.05) is 12.1 Å². The molecule has 3 rings (SSSR count). The van der Waals surface area contributed by atoms with E-state index in [0.29, 0.717) is 23.6 Å². The van der Waals surface area contributed by atoms with Gasteiger partial charge >= 0.3 is 6.09 Å². The number of carbonyl (C=O) groups is 1. The minimum absolute atomic E-state index is 0.228. The lowest BCUT2D eigenvalue weighted by molar-refractivity contribution is 0.153. The minimum Gasteiger partial charge on any atom is -0.448 e. The summed E-state index contributed by atoms with van der Waals surface area (Å²) >= 11 is 0. The molecule has 0 saturated carbocycles. The number of benzene rings is 1. The highest BCUT2D eigenvalue weighted by molar-refractivity contribution is 5.66. The number of hydrogen-bond acceptors (Lipinski definition) is 6. The predicted octanol–water partition coefficient (Wildman–Crippen LogP) is 2.04.